The molecule has 0 aliphatic carbocycles. The summed E-state index contributed by atoms with van der Waals surface area (Å²) in [4.78, 5) is 16.2. The van der Waals surface area contributed by atoms with E-state index in [1.807, 2.05) is 11.8 Å². The second-order valence-electron chi connectivity index (χ2n) is 6.41. The standard InChI is InChI=1S/C20H20ClF3N2O2/c1-2-28-18-7-6-14(12-17(18)21)19(27)26-10-8-25(9-11-26)16-5-3-4-15(13-16)20(22,23)24/h3-7,12-13H,2,8-11H2,1H3. The Labute approximate surface area is 166 Å². The van der Waals surface area contributed by atoms with Crippen molar-refractivity contribution in [3.05, 3.63) is 58.6 Å². The van der Waals surface area contributed by atoms with Gasteiger partial charge in [-0.25, -0.2) is 0 Å². The molecule has 2 aromatic carbocycles. The predicted molar refractivity (Wildman–Crippen MR) is 102 cm³/mol. The molecule has 0 radical (unpaired) electrons. The summed E-state index contributed by atoms with van der Waals surface area (Å²) in [6.45, 7) is 4.07. The van der Waals surface area contributed by atoms with Crippen molar-refractivity contribution in [1.29, 1.82) is 0 Å². The first-order chi connectivity index (χ1) is 13.3. The number of halogens is 4. The van der Waals surface area contributed by atoms with Crippen LogP contribution in [0.3, 0.4) is 0 Å². The molecule has 1 fully saturated rings. The van der Waals surface area contributed by atoms with E-state index >= 15 is 0 Å². The first-order valence-electron chi connectivity index (χ1n) is 8.93. The Morgan fingerprint density at radius 1 is 1.11 bits per heavy atom. The number of amides is 1. The summed E-state index contributed by atoms with van der Waals surface area (Å²) in [5.74, 6) is 0.365. The number of nitrogens with zero attached hydrogens (tertiary/aromatic N) is 2. The molecule has 28 heavy (non-hydrogen) atoms. The van der Waals surface area contributed by atoms with E-state index in [2.05, 4.69) is 0 Å². The summed E-state index contributed by atoms with van der Waals surface area (Å²) in [6.07, 6.45) is -4.37. The summed E-state index contributed by atoms with van der Waals surface area (Å²) in [7, 11) is 0. The number of carbonyl (C=O) groups excluding carboxylic acids is 1. The van der Waals surface area contributed by atoms with Crippen molar-refractivity contribution in [2.75, 3.05) is 37.7 Å². The van der Waals surface area contributed by atoms with E-state index in [0.29, 0.717) is 54.8 Å². The van der Waals surface area contributed by atoms with Gasteiger partial charge < -0.3 is 14.5 Å². The normalized spacial score (nSPS) is 14.9. The first kappa shape index (κ1) is 20.3. The quantitative estimate of drug-likeness (QED) is 0.728. The van der Waals surface area contributed by atoms with Crippen LogP contribution in [0, 0.1) is 0 Å². The molecule has 150 valence electrons. The maximum Gasteiger partial charge on any atom is 0.416 e. The van der Waals surface area contributed by atoms with Crippen LogP contribution in [0.5, 0.6) is 5.75 Å². The number of hydrogen-bond acceptors (Lipinski definition) is 3. The van der Waals surface area contributed by atoms with Gasteiger partial charge in [-0.2, -0.15) is 13.2 Å². The third kappa shape index (κ3) is 4.52. The van der Waals surface area contributed by atoms with E-state index in [9.17, 15) is 18.0 Å². The largest absolute Gasteiger partial charge is 0.492 e. The first-order valence-corrected chi connectivity index (χ1v) is 9.31. The molecule has 1 amide bonds. The number of rotatable bonds is 4. The van der Waals surface area contributed by atoms with Gasteiger partial charge in [-0.05, 0) is 43.3 Å². The fourth-order valence-electron chi connectivity index (χ4n) is 3.14. The number of anilines is 1. The number of ether oxygens (including phenoxy) is 1. The maximum absolute atomic E-state index is 12.9. The minimum Gasteiger partial charge on any atom is -0.492 e. The van der Waals surface area contributed by atoms with E-state index in [1.165, 1.54) is 6.07 Å². The number of benzene rings is 2. The second kappa shape index (κ2) is 8.31. The van der Waals surface area contributed by atoms with Gasteiger partial charge in [0.2, 0.25) is 0 Å². The number of hydrogen-bond donors (Lipinski definition) is 0. The van der Waals surface area contributed by atoms with Gasteiger partial charge in [-0.15, -0.1) is 0 Å². The van der Waals surface area contributed by atoms with Crippen molar-refractivity contribution in [3.8, 4) is 5.75 Å². The zero-order chi connectivity index (χ0) is 20.3. The molecule has 3 rings (SSSR count). The van der Waals surface area contributed by atoms with Gasteiger partial charge in [0.15, 0.2) is 0 Å². The van der Waals surface area contributed by atoms with Crippen molar-refractivity contribution in [1.82, 2.24) is 4.90 Å². The van der Waals surface area contributed by atoms with Crippen LogP contribution in [0.4, 0.5) is 18.9 Å². The second-order valence-corrected chi connectivity index (χ2v) is 6.81. The van der Waals surface area contributed by atoms with Crippen molar-refractivity contribution in [3.63, 3.8) is 0 Å². The summed E-state index contributed by atoms with van der Waals surface area (Å²) in [5, 5.41) is 0.371. The van der Waals surface area contributed by atoms with Gasteiger partial charge in [-0.3, -0.25) is 4.79 Å². The predicted octanol–water partition coefficient (Wildman–Crippen LogP) is 4.72. The molecule has 0 atom stereocenters. The minimum atomic E-state index is -4.37. The van der Waals surface area contributed by atoms with Gasteiger partial charge in [0.05, 0.1) is 17.2 Å². The van der Waals surface area contributed by atoms with E-state index in [4.69, 9.17) is 16.3 Å². The van der Waals surface area contributed by atoms with Gasteiger partial charge >= 0.3 is 6.18 Å². The molecular formula is C20H20ClF3N2O2. The van der Waals surface area contributed by atoms with E-state index in [1.54, 1.807) is 29.2 Å². The Bertz CT molecular complexity index is 850. The van der Waals surface area contributed by atoms with E-state index in [-0.39, 0.29) is 5.91 Å². The average molecular weight is 413 g/mol. The zero-order valence-corrected chi connectivity index (χ0v) is 16.1. The molecule has 8 heteroatoms. The molecule has 0 spiro atoms. The lowest BCUT2D eigenvalue weighted by atomic mass is 10.1. The van der Waals surface area contributed by atoms with Gasteiger partial charge in [0.25, 0.3) is 5.91 Å². The van der Waals surface area contributed by atoms with Crippen molar-refractivity contribution in [2.24, 2.45) is 0 Å². The van der Waals surface area contributed by atoms with Crippen LogP contribution in [0.2, 0.25) is 5.02 Å². The summed E-state index contributed by atoms with van der Waals surface area (Å²) < 4.78 is 44.1. The van der Waals surface area contributed by atoms with Crippen LogP contribution in [-0.4, -0.2) is 43.6 Å². The molecule has 1 saturated heterocycles. The van der Waals surface area contributed by atoms with Crippen molar-refractivity contribution < 1.29 is 22.7 Å². The monoisotopic (exact) mass is 412 g/mol. The highest BCUT2D eigenvalue weighted by atomic mass is 35.5. The third-order valence-corrected chi connectivity index (χ3v) is 4.88. The zero-order valence-electron chi connectivity index (χ0n) is 15.3. The molecule has 4 nitrogen and oxygen atoms in total. The van der Waals surface area contributed by atoms with Crippen LogP contribution in [0.25, 0.3) is 0 Å². The molecule has 0 unspecified atom stereocenters. The van der Waals surface area contributed by atoms with Gasteiger partial charge in [-0.1, -0.05) is 17.7 Å². The minimum absolute atomic E-state index is 0.159. The van der Waals surface area contributed by atoms with E-state index in [0.717, 1.165) is 12.1 Å². The number of carbonyl (C=O) groups is 1. The molecule has 1 heterocycles. The molecule has 2 aromatic rings. The van der Waals surface area contributed by atoms with Crippen LogP contribution in [0.15, 0.2) is 42.5 Å². The summed E-state index contributed by atoms with van der Waals surface area (Å²) in [6, 6.07) is 10.2. The van der Waals surface area contributed by atoms with Gasteiger partial charge in [0.1, 0.15) is 5.75 Å². The Morgan fingerprint density at radius 2 is 1.82 bits per heavy atom. The highest BCUT2D eigenvalue weighted by Gasteiger charge is 2.31. The number of alkyl halides is 3. The Hall–Kier alpha value is -2.41. The molecule has 0 saturated carbocycles. The average Bonchev–Trinajstić information content (AvgIpc) is 2.69. The molecule has 1 aliphatic heterocycles. The highest BCUT2D eigenvalue weighted by molar-refractivity contribution is 6.32. The third-order valence-electron chi connectivity index (χ3n) is 4.58. The fourth-order valence-corrected chi connectivity index (χ4v) is 3.37. The molecule has 1 aliphatic rings. The fraction of sp³-hybridized carbons (Fsp3) is 0.350. The van der Waals surface area contributed by atoms with Crippen LogP contribution >= 0.6 is 11.6 Å². The Balaban J connectivity index is 1.65. The molecule has 0 bridgehead atoms. The number of piperazine rings is 1. The van der Waals surface area contributed by atoms with Crippen LogP contribution in [-0.2, 0) is 6.18 Å². The van der Waals surface area contributed by atoms with Crippen LogP contribution < -0.4 is 9.64 Å². The van der Waals surface area contributed by atoms with Crippen molar-refractivity contribution >= 4 is 23.2 Å². The Kier molecular flexibility index (Phi) is 6.03. The van der Waals surface area contributed by atoms with Crippen LogP contribution in [0.1, 0.15) is 22.8 Å². The lowest BCUT2D eigenvalue weighted by molar-refractivity contribution is -0.137. The van der Waals surface area contributed by atoms with E-state index < -0.39 is 11.7 Å². The summed E-state index contributed by atoms with van der Waals surface area (Å²) >= 11 is 6.15. The molecular weight excluding hydrogens is 393 g/mol. The molecule has 0 N–H and O–H groups in total. The SMILES string of the molecule is CCOc1ccc(C(=O)N2CCN(c3cccc(C(F)(F)F)c3)CC2)cc1Cl. The smallest absolute Gasteiger partial charge is 0.416 e. The molecule has 0 aromatic heterocycles. The topological polar surface area (TPSA) is 32.8 Å². The highest BCUT2D eigenvalue weighted by Crippen LogP contribution is 2.32. The lowest BCUT2D eigenvalue weighted by Gasteiger charge is -2.36. The van der Waals surface area contributed by atoms with Crippen molar-refractivity contribution in [2.45, 2.75) is 13.1 Å². The lowest BCUT2D eigenvalue weighted by Crippen LogP contribution is -2.48. The summed E-state index contributed by atoms with van der Waals surface area (Å²) in [5.41, 5.74) is 0.291. The van der Waals surface area contributed by atoms with Gasteiger partial charge in [0, 0.05) is 37.4 Å². The maximum atomic E-state index is 12.9. The Morgan fingerprint density at radius 3 is 2.43 bits per heavy atom.